The van der Waals surface area contributed by atoms with Crippen LogP contribution in [0.5, 0.6) is 0 Å². The highest BCUT2D eigenvalue weighted by Gasteiger charge is 2.46. The van der Waals surface area contributed by atoms with Crippen LogP contribution in [-0.4, -0.2) is 54.2 Å². The fraction of sp³-hybridized carbons (Fsp3) is 0.727. The first-order valence-electron chi connectivity index (χ1n) is 5.62. The second kappa shape index (κ2) is 6.48. The zero-order chi connectivity index (χ0) is 14.6. The molecule has 4 atom stereocenters. The molecule has 1 N–H and O–H groups in total. The Bertz CT molecular complexity index is 366. The number of aliphatic hydroxyl groups is 1. The molecule has 0 aromatic heterocycles. The third-order valence-corrected chi connectivity index (χ3v) is 2.32. The molecular weight excluding hydrogens is 260 g/mol. The summed E-state index contributed by atoms with van der Waals surface area (Å²) in [7, 11) is 0. The quantitative estimate of drug-likeness (QED) is 0.523. The minimum absolute atomic E-state index is 0.170. The maximum atomic E-state index is 11.1. The van der Waals surface area contributed by atoms with Crippen molar-refractivity contribution in [3.63, 3.8) is 0 Å². The molecule has 0 aromatic carbocycles. The Morgan fingerprint density at radius 2 is 1.42 bits per heavy atom. The van der Waals surface area contributed by atoms with E-state index in [1.807, 2.05) is 0 Å². The first kappa shape index (κ1) is 15.4. The second-order valence-corrected chi connectivity index (χ2v) is 4.02. The SMILES string of the molecule is CC(=O)OC1[C@H](O)OC[C@@H](OC(C)=O)[C@H]1OC(C)=O. The van der Waals surface area contributed by atoms with Crippen molar-refractivity contribution in [3.05, 3.63) is 0 Å². The molecule has 108 valence electrons. The van der Waals surface area contributed by atoms with Crippen LogP contribution < -0.4 is 0 Å². The van der Waals surface area contributed by atoms with E-state index in [0.717, 1.165) is 13.8 Å². The fourth-order valence-electron chi connectivity index (χ4n) is 1.72. The summed E-state index contributed by atoms with van der Waals surface area (Å²) in [6, 6.07) is 0. The van der Waals surface area contributed by atoms with Crippen LogP contribution in [0.25, 0.3) is 0 Å². The third kappa shape index (κ3) is 4.49. The van der Waals surface area contributed by atoms with E-state index in [0.29, 0.717) is 0 Å². The second-order valence-electron chi connectivity index (χ2n) is 4.02. The van der Waals surface area contributed by atoms with Gasteiger partial charge in [-0.2, -0.15) is 0 Å². The van der Waals surface area contributed by atoms with E-state index in [4.69, 9.17) is 18.9 Å². The molecule has 1 aliphatic heterocycles. The fourth-order valence-corrected chi connectivity index (χ4v) is 1.72. The molecule has 1 rings (SSSR count). The van der Waals surface area contributed by atoms with Crippen molar-refractivity contribution in [2.24, 2.45) is 0 Å². The Labute approximate surface area is 109 Å². The van der Waals surface area contributed by atoms with Gasteiger partial charge in [0.25, 0.3) is 0 Å². The van der Waals surface area contributed by atoms with E-state index < -0.39 is 42.5 Å². The Morgan fingerprint density at radius 1 is 0.947 bits per heavy atom. The van der Waals surface area contributed by atoms with Gasteiger partial charge in [0.15, 0.2) is 24.6 Å². The maximum Gasteiger partial charge on any atom is 0.303 e. The summed E-state index contributed by atoms with van der Waals surface area (Å²) >= 11 is 0. The maximum absolute atomic E-state index is 11.1. The normalized spacial score (nSPS) is 30.3. The molecule has 0 aromatic rings. The Morgan fingerprint density at radius 3 is 1.89 bits per heavy atom. The van der Waals surface area contributed by atoms with Crippen molar-refractivity contribution in [2.75, 3.05) is 6.61 Å². The van der Waals surface area contributed by atoms with Gasteiger partial charge in [0.1, 0.15) is 0 Å². The molecule has 0 aliphatic carbocycles. The number of hydrogen-bond acceptors (Lipinski definition) is 8. The van der Waals surface area contributed by atoms with E-state index in [-0.39, 0.29) is 6.61 Å². The van der Waals surface area contributed by atoms with Crippen LogP contribution in [0.15, 0.2) is 0 Å². The summed E-state index contributed by atoms with van der Waals surface area (Å²) in [5.74, 6) is -1.95. The van der Waals surface area contributed by atoms with E-state index in [1.54, 1.807) is 0 Å². The van der Waals surface area contributed by atoms with Crippen LogP contribution in [0, 0.1) is 0 Å². The Hall–Kier alpha value is -1.67. The third-order valence-electron chi connectivity index (χ3n) is 2.32. The predicted molar refractivity (Wildman–Crippen MR) is 58.6 cm³/mol. The van der Waals surface area contributed by atoms with E-state index >= 15 is 0 Å². The summed E-state index contributed by atoms with van der Waals surface area (Å²) < 4.78 is 19.6. The van der Waals surface area contributed by atoms with Crippen molar-refractivity contribution >= 4 is 17.9 Å². The largest absolute Gasteiger partial charge is 0.456 e. The molecule has 0 saturated carbocycles. The number of esters is 3. The van der Waals surface area contributed by atoms with Crippen LogP contribution in [0.3, 0.4) is 0 Å². The van der Waals surface area contributed by atoms with E-state index in [9.17, 15) is 19.5 Å². The van der Waals surface area contributed by atoms with Crippen molar-refractivity contribution in [2.45, 2.75) is 45.4 Å². The van der Waals surface area contributed by atoms with Crippen molar-refractivity contribution in [3.8, 4) is 0 Å². The zero-order valence-electron chi connectivity index (χ0n) is 10.8. The van der Waals surface area contributed by atoms with Gasteiger partial charge in [-0.15, -0.1) is 0 Å². The molecule has 1 fully saturated rings. The van der Waals surface area contributed by atoms with Gasteiger partial charge in [0.2, 0.25) is 0 Å². The summed E-state index contributed by atoms with van der Waals surface area (Å²) in [5, 5.41) is 9.62. The summed E-state index contributed by atoms with van der Waals surface area (Å²) in [6.07, 6.45) is -4.78. The van der Waals surface area contributed by atoms with Crippen LogP contribution in [-0.2, 0) is 33.3 Å². The summed E-state index contributed by atoms with van der Waals surface area (Å²) in [4.78, 5) is 33.0. The number of carbonyl (C=O) groups is 3. The van der Waals surface area contributed by atoms with Gasteiger partial charge in [-0.3, -0.25) is 14.4 Å². The lowest BCUT2D eigenvalue weighted by molar-refractivity contribution is -0.267. The van der Waals surface area contributed by atoms with E-state index in [2.05, 4.69) is 0 Å². The highest BCUT2D eigenvalue weighted by Crippen LogP contribution is 2.23. The van der Waals surface area contributed by atoms with Gasteiger partial charge in [-0.1, -0.05) is 0 Å². The first-order valence-corrected chi connectivity index (χ1v) is 5.62. The molecule has 1 heterocycles. The highest BCUT2D eigenvalue weighted by atomic mass is 16.7. The van der Waals surface area contributed by atoms with Crippen molar-refractivity contribution in [1.82, 2.24) is 0 Å². The van der Waals surface area contributed by atoms with Gasteiger partial charge < -0.3 is 24.1 Å². The standard InChI is InChI=1S/C11H16O8/c1-5(12)17-8-4-16-11(15)10(19-7(3)14)9(8)18-6(2)13/h8-11,15H,4H2,1-3H3/t8-,9-,10?,11-/m1/s1. The van der Waals surface area contributed by atoms with Crippen LogP contribution >= 0.6 is 0 Å². The average molecular weight is 276 g/mol. The van der Waals surface area contributed by atoms with Gasteiger partial charge in [0.05, 0.1) is 6.61 Å². The topological polar surface area (TPSA) is 108 Å². The Balaban J connectivity index is 2.89. The number of aliphatic hydroxyl groups excluding tert-OH is 1. The summed E-state index contributed by atoms with van der Waals surface area (Å²) in [6.45, 7) is 3.29. The molecule has 1 saturated heterocycles. The highest BCUT2D eigenvalue weighted by molar-refractivity contribution is 5.68. The number of ether oxygens (including phenoxy) is 4. The van der Waals surface area contributed by atoms with Gasteiger partial charge >= 0.3 is 17.9 Å². The predicted octanol–water partition coefficient (Wildman–Crippen LogP) is -0.870. The van der Waals surface area contributed by atoms with Gasteiger partial charge in [0, 0.05) is 20.8 Å². The molecule has 1 unspecified atom stereocenters. The molecule has 8 heteroatoms. The van der Waals surface area contributed by atoms with Gasteiger partial charge in [-0.25, -0.2) is 0 Å². The number of carbonyl (C=O) groups excluding carboxylic acids is 3. The van der Waals surface area contributed by atoms with Crippen LogP contribution in [0.4, 0.5) is 0 Å². The average Bonchev–Trinajstić information content (AvgIpc) is 2.25. The van der Waals surface area contributed by atoms with Crippen molar-refractivity contribution < 1.29 is 38.4 Å². The van der Waals surface area contributed by atoms with Crippen LogP contribution in [0.1, 0.15) is 20.8 Å². The first-order chi connectivity index (χ1) is 8.81. The minimum Gasteiger partial charge on any atom is -0.456 e. The van der Waals surface area contributed by atoms with Crippen molar-refractivity contribution in [1.29, 1.82) is 0 Å². The molecule has 0 amide bonds. The molecule has 19 heavy (non-hydrogen) atoms. The zero-order valence-corrected chi connectivity index (χ0v) is 10.8. The molecule has 8 nitrogen and oxygen atoms in total. The van der Waals surface area contributed by atoms with Gasteiger partial charge in [-0.05, 0) is 0 Å². The number of hydrogen-bond donors (Lipinski definition) is 1. The molecule has 0 bridgehead atoms. The minimum atomic E-state index is -1.46. The lowest BCUT2D eigenvalue weighted by Gasteiger charge is -2.38. The van der Waals surface area contributed by atoms with E-state index in [1.165, 1.54) is 6.92 Å². The lowest BCUT2D eigenvalue weighted by atomic mass is 10.0. The Kier molecular flexibility index (Phi) is 5.25. The smallest absolute Gasteiger partial charge is 0.303 e. The monoisotopic (exact) mass is 276 g/mol. The number of rotatable bonds is 3. The molecule has 0 radical (unpaired) electrons. The molecule has 1 aliphatic rings. The molecule has 0 spiro atoms. The lowest BCUT2D eigenvalue weighted by Crippen LogP contribution is -2.57. The van der Waals surface area contributed by atoms with Crippen LogP contribution in [0.2, 0.25) is 0 Å². The molecular formula is C11H16O8. The summed E-state index contributed by atoms with van der Waals surface area (Å²) in [5.41, 5.74) is 0.